The second-order valence-corrected chi connectivity index (χ2v) is 6.55. The molecule has 1 aliphatic heterocycles. The summed E-state index contributed by atoms with van der Waals surface area (Å²) in [7, 11) is -2.94. The van der Waals surface area contributed by atoms with E-state index in [1.165, 1.54) is 0 Å². The van der Waals surface area contributed by atoms with E-state index in [1.54, 1.807) is 11.8 Å². The van der Waals surface area contributed by atoms with Crippen molar-refractivity contribution in [2.45, 2.75) is 26.3 Å². The summed E-state index contributed by atoms with van der Waals surface area (Å²) in [6, 6.07) is -0.156. The minimum atomic E-state index is -2.94. The second-order valence-electron chi connectivity index (χ2n) is 4.32. The molecule has 94 valence electrons. The smallest absolute Gasteiger partial charge is 0.226 e. The molecule has 1 aliphatic rings. The monoisotopic (exact) mass is 248 g/mol. The van der Waals surface area contributed by atoms with Gasteiger partial charge in [-0.15, -0.1) is 0 Å². The Bertz CT molecular complexity index is 353. The van der Waals surface area contributed by atoms with E-state index in [4.69, 9.17) is 5.73 Å². The van der Waals surface area contributed by atoms with Crippen molar-refractivity contribution in [2.24, 2.45) is 11.7 Å². The van der Waals surface area contributed by atoms with Gasteiger partial charge in [0.25, 0.3) is 0 Å². The van der Waals surface area contributed by atoms with E-state index in [9.17, 15) is 13.2 Å². The molecule has 2 atom stereocenters. The van der Waals surface area contributed by atoms with Crippen LogP contribution in [0.4, 0.5) is 0 Å². The van der Waals surface area contributed by atoms with Crippen LogP contribution in [0.2, 0.25) is 0 Å². The average molecular weight is 248 g/mol. The summed E-state index contributed by atoms with van der Waals surface area (Å²) in [4.78, 5) is 13.6. The largest absolute Gasteiger partial charge is 0.339 e. The molecule has 0 aromatic carbocycles. The van der Waals surface area contributed by atoms with Crippen LogP contribution in [0, 0.1) is 5.92 Å². The fraction of sp³-hybridized carbons (Fsp3) is 0.900. The molecular formula is C10H20N2O3S. The van der Waals surface area contributed by atoms with Gasteiger partial charge in [0.15, 0.2) is 9.84 Å². The molecule has 2 N–H and O–H groups in total. The normalized spacial score (nSPS) is 25.3. The minimum Gasteiger partial charge on any atom is -0.339 e. The van der Waals surface area contributed by atoms with Gasteiger partial charge in [0, 0.05) is 25.0 Å². The SMILES string of the molecule is CCN(C(=O)C(C)CN)C1CCS(=O)(=O)C1. The molecule has 1 heterocycles. The molecule has 6 heteroatoms. The highest BCUT2D eigenvalue weighted by atomic mass is 32.2. The number of amides is 1. The van der Waals surface area contributed by atoms with Crippen molar-refractivity contribution in [3.8, 4) is 0 Å². The molecule has 16 heavy (non-hydrogen) atoms. The van der Waals surface area contributed by atoms with Gasteiger partial charge in [-0.3, -0.25) is 4.79 Å². The van der Waals surface area contributed by atoms with Crippen LogP contribution in [0.15, 0.2) is 0 Å². The van der Waals surface area contributed by atoms with Crippen LogP contribution < -0.4 is 5.73 Å². The summed E-state index contributed by atoms with van der Waals surface area (Å²) < 4.78 is 22.7. The number of sulfone groups is 1. The summed E-state index contributed by atoms with van der Waals surface area (Å²) in [5.41, 5.74) is 5.45. The highest BCUT2D eigenvalue weighted by Gasteiger charge is 2.34. The van der Waals surface area contributed by atoms with Gasteiger partial charge >= 0.3 is 0 Å². The molecule has 0 saturated carbocycles. The predicted octanol–water partition coefficient (Wildman–Crippen LogP) is -0.383. The second kappa shape index (κ2) is 5.14. The summed E-state index contributed by atoms with van der Waals surface area (Å²) in [6.45, 7) is 4.48. The van der Waals surface area contributed by atoms with Crippen molar-refractivity contribution >= 4 is 15.7 Å². The molecule has 0 radical (unpaired) electrons. The predicted molar refractivity (Wildman–Crippen MR) is 62.7 cm³/mol. The summed E-state index contributed by atoms with van der Waals surface area (Å²) in [5, 5.41) is 0. The standard InChI is InChI=1S/C10H20N2O3S/c1-3-12(10(13)8(2)6-11)9-4-5-16(14,15)7-9/h8-9H,3-7,11H2,1-2H3. The maximum atomic E-state index is 12.0. The van der Waals surface area contributed by atoms with Crippen molar-refractivity contribution < 1.29 is 13.2 Å². The number of carbonyl (C=O) groups excluding carboxylic acids is 1. The summed E-state index contributed by atoms with van der Waals surface area (Å²) in [5.74, 6) is 0.0258. The Morgan fingerprint density at radius 2 is 2.19 bits per heavy atom. The van der Waals surface area contributed by atoms with Crippen LogP contribution >= 0.6 is 0 Å². The van der Waals surface area contributed by atoms with Crippen LogP contribution in [0.1, 0.15) is 20.3 Å². The van der Waals surface area contributed by atoms with E-state index >= 15 is 0 Å². The van der Waals surface area contributed by atoms with E-state index in [-0.39, 0.29) is 29.4 Å². The average Bonchev–Trinajstić information content (AvgIpc) is 2.58. The first-order valence-corrected chi connectivity index (χ1v) is 7.44. The van der Waals surface area contributed by atoms with Crippen LogP contribution in [-0.2, 0) is 14.6 Å². The minimum absolute atomic E-state index is 0.0351. The number of hydrogen-bond acceptors (Lipinski definition) is 4. The van der Waals surface area contributed by atoms with E-state index in [0.29, 0.717) is 19.5 Å². The first-order valence-electron chi connectivity index (χ1n) is 5.62. The van der Waals surface area contributed by atoms with Crippen LogP contribution in [0.3, 0.4) is 0 Å². The Morgan fingerprint density at radius 3 is 2.56 bits per heavy atom. The van der Waals surface area contributed by atoms with Crippen molar-refractivity contribution in [3.05, 3.63) is 0 Å². The van der Waals surface area contributed by atoms with Crippen LogP contribution in [0.25, 0.3) is 0 Å². The van der Waals surface area contributed by atoms with Crippen molar-refractivity contribution in [1.82, 2.24) is 4.90 Å². The quantitative estimate of drug-likeness (QED) is 0.735. The molecule has 1 rings (SSSR count). The zero-order chi connectivity index (χ0) is 12.3. The number of hydrogen-bond donors (Lipinski definition) is 1. The maximum absolute atomic E-state index is 12.0. The van der Waals surface area contributed by atoms with Gasteiger partial charge < -0.3 is 10.6 Å². The van der Waals surface area contributed by atoms with Crippen LogP contribution in [-0.4, -0.2) is 49.9 Å². The number of nitrogens with zero attached hydrogens (tertiary/aromatic N) is 1. The van der Waals surface area contributed by atoms with E-state index < -0.39 is 9.84 Å². The van der Waals surface area contributed by atoms with Crippen molar-refractivity contribution in [2.75, 3.05) is 24.6 Å². The Kier molecular flexibility index (Phi) is 4.32. The fourth-order valence-corrected chi connectivity index (χ4v) is 3.73. The fourth-order valence-electron chi connectivity index (χ4n) is 2.00. The lowest BCUT2D eigenvalue weighted by Crippen LogP contribution is -2.45. The Hall–Kier alpha value is -0.620. The zero-order valence-corrected chi connectivity index (χ0v) is 10.7. The van der Waals surface area contributed by atoms with Gasteiger partial charge in [0.1, 0.15) is 0 Å². The molecule has 0 aromatic heterocycles. The molecule has 1 fully saturated rings. The topological polar surface area (TPSA) is 80.5 Å². The Labute approximate surface area is 96.9 Å². The molecule has 1 amide bonds. The third-order valence-electron chi connectivity index (χ3n) is 3.05. The number of rotatable bonds is 4. The van der Waals surface area contributed by atoms with Crippen molar-refractivity contribution in [1.29, 1.82) is 0 Å². The third kappa shape index (κ3) is 2.95. The zero-order valence-electron chi connectivity index (χ0n) is 9.85. The molecular weight excluding hydrogens is 228 g/mol. The van der Waals surface area contributed by atoms with Gasteiger partial charge in [-0.05, 0) is 13.3 Å². The van der Waals surface area contributed by atoms with Crippen LogP contribution in [0.5, 0.6) is 0 Å². The van der Waals surface area contributed by atoms with Gasteiger partial charge in [0.2, 0.25) is 5.91 Å². The Morgan fingerprint density at radius 1 is 1.56 bits per heavy atom. The lowest BCUT2D eigenvalue weighted by atomic mass is 10.1. The third-order valence-corrected chi connectivity index (χ3v) is 4.80. The maximum Gasteiger partial charge on any atom is 0.226 e. The lowest BCUT2D eigenvalue weighted by molar-refractivity contribution is -0.136. The molecule has 5 nitrogen and oxygen atoms in total. The van der Waals surface area contributed by atoms with E-state index in [0.717, 1.165) is 0 Å². The molecule has 0 spiro atoms. The molecule has 0 aliphatic carbocycles. The molecule has 2 unspecified atom stereocenters. The van der Waals surface area contributed by atoms with E-state index in [2.05, 4.69) is 0 Å². The molecule has 1 saturated heterocycles. The molecule has 0 bridgehead atoms. The van der Waals surface area contributed by atoms with Gasteiger partial charge in [-0.25, -0.2) is 8.42 Å². The molecule has 0 aromatic rings. The van der Waals surface area contributed by atoms with E-state index in [1.807, 2.05) is 6.92 Å². The van der Waals surface area contributed by atoms with Crippen molar-refractivity contribution in [3.63, 3.8) is 0 Å². The van der Waals surface area contributed by atoms with Gasteiger partial charge in [-0.2, -0.15) is 0 Å². The number of nitrogens with two attached hydrogens (primary N) is 1. The highest BCUT2D eigenvalue weighted by molar-refractivity contribution is 7.91. The van der Waals surface area contributed by atoms with Gasteiger partial charge in [-0.1, -0.05) is 6.92 Å². The first kappa shape index (κ1) is 13.4. The lowest BCUT2D eigenvalue weighted by Gasteiger charge is -2.29. The first-order chi connectivity index (χ1) is 7.41. The number of carbonyl (C=O) groups is 1. The highest BCUT2D eigenvalue weighted by Crippen LogP contribution is 2.19. The summed E-state index contributed by atoms with van der Waals surface area (Å²) in [6.07, 6.45) is 0.555. The summed E-state index contributed by atoms with van der Waals surface area (Å²) >= 11 is 0. The Balaban J connectivity index is 2.73. The van der Waals surface area contributed by atoms with Gasteiger partial charge in [0.05, 0.1) is 11.5 Å².